The van der Waals surface area contributed by atoms with Gasteiger partial charge in [-0.05, 0) is 51.0 Å². The average Bonchev–Trinajstić information content (AvgIpc) is 2.55. The van der Waals surface area contributed by atoms with E-state index in [1.165, 1.54) is 24.1 Å². The van der Waals surface area contributed by atoms with Crippen molar-refractivity contribution in [3.05, 3.63) is 35.4 Å². The number of rotatable bonds is 4. The molecule has 0 saturated carbocycles. The summed E-state index contributed by atoms with van der Waals surface area (Å²) in [5, 5.41) is 0. The van der Waals surface area contributed by atoms with E-state index in [1.807, 2.05) is 0 Å². The van der Waals surface area contributed by atoms with Crippen LogP contribution in [-0.2, 0) is 12.8 Å². The van der Waals surface area contributed by atoms with E-state index in [4.69, 9.17) is 0 Å². The summed E-state index contributed by atoms with van der Waals surface area (Å²) >= 11 is 0. The van der Waals surface area contributed by atoms with Crippen LogP contribution in [-0.4, -0.2) is 74.6 Å². The van der Waals surface area contributed by atoms with Gasteiger partial charge in [-0.2, -0.15) is 0 Å². The Bertz CT molecular complexity index is 454. The van der Waals surface area contributed by atoms with Crippen LogP contribution in [0.1, 0.15) is 25.0 Å². The zero-order valence-electron chi connectivity index (χ0n) is 15.8. The second-order valence-electron chi connectivity index (χ2n) is 7.82. The molecular weight excluding hydrogens is 282 g/mol. The minimum absolute atomic E-state index is 0.599. The van der Waals surface area contributed by atoms with Crippen molar-refractivity contribution in [3.63, 3.8) is 0 Å². The fourth-order valence-electron chi connectivity index (χ4n) is 3.33. The van der Waals surface area contributed by atoms with E-state index in [1.54, 1.807) is 0 Å². The maximum absolute atomic E-state index is 2.54. The van der Waals surface area contributed by atoms with E-state index in [9.17, 15) is 0 Å². The van der Waals surface area contributed by atoms with Gasteiger partial charge in [0.2, 0.25) is 0 Å². The SMILES string of the molecule is CC(C)Cc1ccc(CC2CN(C)CCN(C)CCN2C)cc1. The van der Waals surface area contributed by atoms with E-state index >= 15 is 0 Å². The average molecular weight is 318 g/mol. The lowest BCUT2D eigenvalue weighted by molar-refractivity contribution is 0.191. The van der Waals surface area contributed by atoms with Gasteiger partial charge in [0.25, 0.3) is 0 Å². The summed E-state index contributed by atoms with van der Waals surface area (Å²) in [4.78, 5) is 7.46. The van der Waals surface area contributed by atoms with Crippen molar-refractivity contribution in [2.24, 2.45) is 5.92 Å². The van der Waals surface area contributed by atoms with Gasteiger partial charge in [0.1, 0.15) is 0 Å². The largest absolute Gasteiger partial charge is 0.304 e. The van der Waals surface area contributed by atoms with Gasteiger partial charge >= 0.3 is 0 Å². The standard InChI is InChI=1S/C20H35N3/c1-17(2)14-18-6-8-19(9-7-18)15-20-16-22(4)11-10-21(3)12-13-23(20)5/h6-9,17,20H,10-16H2,1-5H3. The maximum Gasteiger partial charge on any atom is 0.0260 e. The first-order chi connectivity index (χ1) is 10.9. The molecule has 3 heteroatoms. The molecule has 1 aliphatic heterocycles. The van der Waals surface area contributed by atoms with Gasteiger partial charge in [0, 0.05) is 38.8 Å². The van der Waals surface area contributed by atoms with Crippen molar-refractivity contribution in [2.75, 3.05) is 53.9 Å². The van der Waals surface area contributed by atoms with Gasteiger partial charge in [0.15, 0.2) is 0 Å². The molecule has 3 nitrogen and oxygen atoms in total. The first kappa shape index (κ1) is 18.4. The Morgan fingerprint density at radius 2 is 1.43 bits per heavy atom. The minimum Gasteiger partial charge on any atom is -0.304 e. The van der Waals surface area contributed by atoms with Crippen LogP contribution in [0.2, 0.25) is 0 Å². The van der Waals surface area contributed by atoms with Gasteiger partial charge in [-0.3, -0.25) is 0 Å². The smallest absolute Gasteiger partial charge is 0.0260 e. The van der Waals surface area contributed by atoms with E-state index in [0.717, 1.165) is 38.5 Å². The third-order valence-corrected chi connectivity index (χ3v) is 4.98. The number of hydrogen-bond donors (Lipinski definition) is 0. The predicted octanol–water partition coefficient (Wildman–Crippen LogP) is 2.61. The molecule has 1 unspecified atom stereocenters. The molecule has 1 aromatic rings. The van der Waals surface area contributed by atoms with Crippen LogP contribution in [0.4, 0.5) is 0 Å². The lowest BCUT2D eigenvalue weighted by Crippen LogP contribution is -2.43. The van der Waals surface area contributed by atoms with Crippen LogP contribution < -0.4 is 0 Å². The highest BCUT2D eigenvalue weighted by atomic mass is 15.2. The molecule has 1 aliphatic rings. The maximum atomic E-state index is 2.54. The molecule has 2 rings (SSSR count). The summed E-state index contributed by atoms with van der Waals surface area (Å²) in [6.07, 6.45) is 2.32. The van der Waals surface area contributed by atoms with Gasteiger partial charge in [-0.1, -0.05) is 38.1 Å². The predicted molar refractivity (Wildman–Crippen MR) is 100 cm³/mol. The van der Waals surface area contributed by atoms with Crippen LogP contribution in [0.3, 0.4) is 0 Å². The zero-order valence-corrected chi connectivity index (χ0v) is 15.8. The Morgan fingerprint density at radius 1 is 0.870 bits per heavy atom. The minimum atomic E-state index is 0.599. The highest BCUT2D eigenvalue weighted by Crippen LogP contribution is 2.14. The molecule has 0 aliphatic carbocycles. The first-order valence-electron chi connectivity index (χ1n) is 9.09. The number of benzene rings is 1. The van der Waals surface area contributed by atoms with Gasteiger partial charge in [0.05, 0.1) is 0 Å². The Kier molecular flexibility index (Phi) is 7.07. The topological polar surface area (TPSA) is 9.72 Å². The van der Waals surface area contributed by atoms with Gasteiger partial charge in [-0.25, -0.2) is 0 Å². The molecular formula is C20H35N3. The van der Waals surface area contributed by atoms with Gasteiger partial charge < -0.3 is 14.7 Å². The quantitative estimate of drug-likeness (QED) is 0.845. The Labute approximate surface area is 143 Å². The Balaban J connectivity index is 2.00. The van der Waals surface area contributed by atoms with Crippen LogP contribution >= 0.6 is 0 Å². The van der Waals surface area contributed by atoms with Crippen LogP contribution in [0, 0.1) is 5.92 Å². The molecule has 1 saturated heterocycles. The van der Waals surface area contributed by atoms with E-state index in [0.29, 0.717) is 6.04 Å². The third-order valence-electron chi connectivity index (χ3n) is 4.98. The molecule has 0 amide bonds. The molecule has 0 radical (unpaired) electrons. The van der Waals surface area contributed by atoms with Crippen molar-refractivity contribution < 1.29 is 0 Å². The Morgan fingerprint density at radius 3 is 2.09 bits per heavy atom. The van der Waals surface area contributed by atoms with Crippen molar-refractivity contribution in [1.82, 2.24) is 14.7 Å². The lowest BCUT2D eigenvalue weighted by Gasteiger charge is -2.30. The summed E-state index contributed by atoms with van der Waals surface area (Å²) in [6, 6.07) is 9.92. The fraction of sp³-hybridized carbons (Fsp3) is 0.700. The Hall–Kier alpha value is -0.900. The van der Waals surface area contributed by atoms with E-state index in [-0.39, 0.29) is 0 Å². The highest BCUT2D eigenvalue weighted by molar-refractivity contribution is 5.23. The van der Waals surface area contributed by atoms with Crippen molar-refractivity contribution in [2.45, 2.75) is 32.7 Å². The summed E-state index contributed by atoms with van der Waals surface area (Å²) in [6.45, 7) is 10.4. The number of hydrogen-bond acceptors (Lipinski definition) is 3. The molecule has 0 N–H and O–H groups in total. The zero-order chi connectivity index (χ0) is 16.8. The van der Waals surface area contributed by atoms with Crippen molar-refractivity contribution in [3.8, 4) is 0 Å². The van der Waals surface area contributed by atoms with Crippen LogP contribution in [0.25, 0.3) is 0 Å². The number of nitrogens with zero attached hydrogens (tertiary/aromatic N) is 3. The molecule has 23 heavy (non-hydrogen) atoms. The lowest BCUT2D eigenvalue weighted by atomic mass is 9.99. The molecule has 130 valence electrons. The monoisotopic (exact) mass is 317 g/mol. The molecule has 1 fully saturated rings. The molecule has 0 aromatic heterocycles. The second-order valence-corrected chi connectivity index (χ2v) is 7.82. The molecule has 1 aromatic carbocycles. The van der Waals surface area contributed by atoms with Crippen LogP contribution in [0.5, 0.6) is 0 Å². The summed E-state index contributed by atoms with van der Waals surface area (Å²) < 4.78 is 0. The number of likely N-dealkylation sites (N-methyl/N-ethyl adjacent to an activating group) is 3. The molecule has 0 bridgehead atoms. The second kappa shape index (κ2) is 8.81. The third kappa shape index (κ3) is 6.25. The van der Waals surface area contributed by atoms with Gasteiger partial charge in [-0.15, -0.1) is 0 Å². The van der Waals surface area contributed by atoms with E-state index in [2.05, 4.69) is 74.0 Å². The summed E-state index contributed by atoms with van der Waals surface area (Å²) in [5.41, 5.74) is 2.93. The normalized spacial score (nSPS) is 22.8. The molecule has 1 heterocycles. The van der Waals surface area contributed by atoms with Crippen LogP contribution in [0.15, 0.2) is 24.3 Å². The van der Waals surface area contributed by atoms with Crippen molar-refractivity contribution in [1.29, 1.82) is 0 Å². The first-order valence-corrected chi connectivity index (χ1v) is 9.09. The summed E-state index contributed by atoms with van der Waals surface area (Å²) in [5.74, 6) is 0.729. The molecule has 1 atom stereocenters. The highest BCUT2D eigenvalue weighted by Gasteiger charge is 2.20. The summed E-state index contributed by atoms with van der Waals surface area (Å²) in [7, 11) is 6.77. The van der Waals surface area contributed by atoms with Crippen molar-refractivity contribution >= 4 is 0 Å². The fourth-order valence-corrected chi connectivity index (χ4v) is 3.33. The van der Waals surface area contributed by atoms with E-state index < -0.39 is 0 Å². The molecule has 0 spiro atoms.